The van der Waals surface area contributed by atoms with E-state index in [1.165, 1.54) is 25.7 Å². The number of hydrogen-bond acceptors (Lipinski definition) is 2. The summed E-state index contributed by atoms with van der Waals surface area (Å²) in [4.78, 5) is 22.1. The number of carbonyl (C=O) groups excluding carboxylic acids is 1. The van der Waals surface area contributed by atoms with Gasteiger partial charge in [0.05, 0.1) is 0 Å². The third kappa shape index (κ3) is 3.24. The smallest absolute Gasteiger partial charge is 0.303 e. The quantitative estimate of drug-likeness (QED) is 0.762. The molecule has 102 valence electrons. The van der Waals surface area contributed by atoms with Gasteiger partial charge in [-0.05, 0) is 50.4 Å². The normalized spacial score (nSPS) is 31.3. The van der Waals surface area contributed by atoms with Crippen LogP contribution in [0.3, 0.4) is 0 Å². The fraction of sp³-hybridized carbons (Fsp3) is 0.857. The molecule has 0 radical (unpaired) electrons. The van der Waals surface area contributed by atoms with E-state index >= 15 is 0 Å². The molecule has 0 spiro atoms. The van der Waals surface area contributed by atoms with E-state index in [0.717, 1.165) is 11.8 Å². The van der Waals surface area contributed by atoms with Crippen molar-refractivity contribution in [3.63, 3.8) is 0 Å². The Bertz CT molecular complexity index is 329. The lowest BCUT2D eigenvalue weighted by Crippen LogP contribution is -2.40. The largest absolute Gasteiger partial charge is 0.481 e. The van der Waals surface area contributed by atoms with Crippen LogP contribution in [0.4, 0.5) is 0 Å². The fourth-order valence-electron chi connectivity index (χ4n) is 3.74. The van der Waals surface area contributed by atoms with Gasteiger partial charge in [-0.25, -0.2) is 0 Å². The van der Waals surface area contributed by atoms with E-state index in [1.54, 1.807) is 0 Å². The van der Waals surface area contributed by atoms with Crippen molar-refractivity contribution in [1.29, 1.82) is 0 Å². The lowest BCUT2D eigenvalue weighted by molar-refractivity contribution is -0.137. The van der Waals surface area contributed by atoms with Crippen LogP contribution in [0.25, 0.3) is 0 Å². The maximum absolute atomic E-state index is 11.7. The summed E-state index contributed by atoms with van der Waals surface area (Å²) in [6.45, 7) is 2.10. The van der Waals surface area contributed by atoms with Crippen LogP contribution in [0.15, 0.2) is 0 Å². The Labute approximate surface area is 108 Å². The molecule has 2 aliphatic rings. The molecule has 1 amide bonds. The van der Waals surface area contributed by atoms with Crippen molar-refractivity contribution >= 4 is 11.9 Å². The second kappa shape index (κ2) is 5.72. The first-order chi connectivity index (χ1) is 8.56. The highest BCUT2D eigenvalue weighted by Gasteiger charge is 2.41. The van der Waals surface area contributed by atoms with Crippen molar-refractivity contribution in [2.24, 2.45) is 17.8 Å². The summed E-state index contributed by atoms with van der Waals surface area (Å²) in [6, 6.07) is 0.248. The van der Waals surface area contributed by atoms with Crippen LogP contribution in [0.5, 0.6) is 0 Å². The van der Waals surface area contributed by atoms with Gasteiger partial charge in [0, 0.05) is 18.9 Å². The zero-order valence-corrected chi connectivity index (χ0v) is 11.0. The molecule has 2 N–H and O–H groups in total. The Balaban J connectivity index is 1.69. The SMILES string of the molecule is C[C@@H](NC(=O)CCCC(=O)O)[C@H]1C[C@@H]2CC[C@@H]1C2. The minimum atomic E-state index is -0.830. The average molecular weight is 253 g/mol. The molecule has 0 aliphatic heterocycles. The number of amides is 1. The molecule has 2 bridgehead atoms. The Morgan fingerprint density at radius 2 is 2.06 bits per heavy atom. The van der Waals surface area contributed by atoms with Crippen LogP contribution in [0.1, 0.15) is 51.9 Å². The van der Waals surface area contributed by atoms with E-state index in [0.29, 0.717) is 18.8 Å². The van der Waals surface area contributed by atoms with Gasteiger partial charge in [0.1, 0.15) is 0 Å². The third-order valence-electron chi connectivity index (χ3n) is 4.62. The van der Waals surface area contributed by atoms with Crippen LogP contribution in [0, 0.1) is 17.8 Å². The first kappa shape index (κ1) is 13.4. The van der Waals surface area contributed by atoms with Crippen LogP contribution in [0.2, 0.25) is 0 Å². The minimum absolute atomic E-state index is 0.00604. The fourth-order valence-corrected chi connectivity index (χ4v) is 3.74. The summed E-state index contributed by atoms with van der Waals surface area (Å²) >= 11 is 0. The predicted octanol–water partition coefficient (Wildman–Crippen LogP) is 2.18. The first-order valence-corrected chi connectivity index (χ1v) is 7.07. The minimum Gasteiger partial charge on any atom is -0.481 e. The van der Waals surface area contributed by atoms with Gasteiger partial charge in [-0.3, -0.25) is 9.59 Å². The third-order valence-corrected chi connectivity index (χ3v) is 4.62. The molecular weight excluding hydrogens is 230 g/mol. The highest BCUT2D eigenvalue weighted by molar-refractivity contribution is 5.77. The van der Waals surface area contributed by atoms with Gasteiger partial charge >= 0.3 is 5.97 Å². The summed E-state index contributed by atoms with van der Waals surface area (Å²) in [5, 5.41) is 11.6. The molecule has 2 rings (SSSR count). The molecule has 0 aromatic heterocycles. The van der Waals surface area contributed by atoms with Gasteiger partial charge in [-0.2, -0.15) is 0 Å². The van der Waals surface area contributed by atoms with Crippen LogP contribution in [-0.4, -0.2) is 23.0 Å². The van der Waals surface area contributed by atoms with E-state index in [4.69, 9.17) is 5.11 Å². The summed E-state index contributed by atoms with van der Waals surface area (Å²) < 4.78 is 0. The monoisotopic (exact) mass is 253 g/mol. The van der Waals surface area contributed by atoms with Gasteiger partial charge in [0.2, 0.25) is 5.91 Å². The number of nitrogens with one attached hydrogen (secondary N) is 1. The molecule has 18 heavy (non-hydrogen) atoms. The number of carbonyl (C=O) groups is 2. The van der Waals surface area contributed by atoms with Gasteiger partial charge in [-0.1, -0.05) is 6.42 Å². The second-order valence-corrected chi connectivity index (χ2v) is 5.94. The lowest BCUT2D eigenvalue weighted by atomic mass is 9.84. The van der Waals surface area contributed by atoms with Crippen molar-refractivity contribution in [2.75, 3.05) is 0 Å². The van der Waals surface area contributed by atoms with E-state index < -0.39 is 5.97 Å². The highest BCUT2D eigenvalue weighted by atomic mass is 16.4. The Hall–Kier alpha value is -1.06. The first-order valence-electron chi connectivity index (χ1n) is 7.07. The molecule has 2 saturated carbocycles. The second-order valence-electron chi connectivity index (χ2n) is 5.94. The zero-order valence-electron chi connectivity index (χ0n) is 11.0. The van der Waals surface area contributed by atoms with Crippen molar-refractivity contribution in [2.45, 2.75) is 57.9 Å². The summed E-state index contributed by atoms with van der Waals surface area (Å²) in [7, 11) is 0. The molecule has 0 saturated heterocycles. The van der Waals surface area contributed by atoms with Crippen molar-refractivity contribution in [3.05, 3.63) is 0 Å². The average Bonchev–Trinajstić information content (AvgIpc) is 2.89. The Morgan fingerprint density at radius 1 is 1.28 bits per heavy atom. The van der Waals surface area contributed by atoms with Gasteiger partial charge < -0.3 is 10.4 Å². The molecular formula is C14H23NO3. The highest BCUT2D eigenvalue weighted by Crippen LogP contribution is 2.49. The molecule has 0 unspecified atom stereocenters. The Kier molecular flexibility index (Phi) is 4.25. The summed E-state index contributed by atoms with van der Waals surface area (Å²) in [5.74, 6) is 1.53. The Morgan fingerprint density at radius 3 is 2.61 bits per heavy atom. The van der Waals surface area contributed by atoms with Crippen molar-refractivity contribution in [1.82, 2.24) is 5.32 Å². The molecule has 4 heteroatoms. The summed E-state index contributed by atoms with van der Waals surface area (Å²) in [6.07, 6.45) is 6.16. The number of rotatable bonds is 6. The van der Waals surface area contributed by atoms with E-state index in [1.807, 2.05) is 0 Å². The standard InChI is InChI=1S/C14H23NO3/c1-9(12-8-10-5-6-11(12)7-10)15-13(16)3-2-4-14(17)18/h9-12H,2-8H2,1H3,(H,15,16)(H,17,18)/t9-,10-,11-,12-/m1/s1. The molecule has 2 fully saturated rings. The maximum atomic E-state index is 11.7. The predicted molar refractivity (Wildman–Crippen MR) is 68.0 cm³/mol. The molecule has 0 heterocycles. The van der Waals surface area contributed by atoms with Gasteiger partial charge in [-0.15, -0.1) is 0 Å². The molecule has 2 aliphatic carbocycles. The maximum Gasteiger partial charge on any atom is 0.303 e. The topological polar surface area (TPSA) is 66.4 Å². The van der Waals surface area contributed by atoms with E-state index in [-0.39, 0.29) is 18.4 Å². The number of carboxylic acids is 1. The number of carboxylic acid groups (broad SMARTS) is 1. The van der Waals surface area contributed by atoms with Crippen LogP contribution in [-0.2, 0) is 9.59 Å². The van der Waals surface area contributed by atoms with Crippen LogP contribution < -0.4 is 5.32 Å². The van der Waals surface area contributed by atoms with Gasteiger partial charge in [0.15, 0.2) is 0 Å². The van der Waals surface area contributed by atoms with E-state index in [2.05, 4.69) is 12.2 Å². The molecule has 0 aromatic rings. The van der Waals surface area contributed by atoms with E-state index in [9.17, 15) is 9.59 Å². The molecule has 4 nitrogen and oxygen atoms in total. The molecule has 0 aromatic carbocycles. The number of fused-ring (bicyclic) bond motifs is 2. The van der Waals surface area contributed by atoms with Crippen LogP contribution >= 0.6 is 0 Å². The van der Waals surface area contributed by atoms with Gasteiger partial charge in [0.25, 0.3) is 0 Å². The molecule has 4 atom stereocenters. The van der Waals surface area contributed by atoms with Crippen molar-refractivity contribution < 1.29 is 14.7 Å². The lowest BCUT2D eigenvalue weighted by Gasteiger charge is -2.28. The number of aliphatic carboxylic acids is 1. The number of hydrogen-bond donors (Lipinski definition) is 2. The van der Waals surface area contributed by atoms with Crippen molar-refractivity contribution in [3.8, 4) is 0 Å². The summed E-state index contributed by atoms with van der Waals surface area (Å²) in [5.41, 5.74) is 0. The zero-order chi connectivity index (χ0) is 13.1.